The Hall–Kier alpha value is -3.71. The van der Waals surface area contributed by atoms with Crippen molar-refractivity contribution in [2.45, 2.75) is 32.6 Å². The van der Waals surface area contributed by atoms with Gasteiger partial charge in [0.2, 0.25) is 0 Å². The number of ether oxygens (including phenoxy) is 2. The molecule has 0 bridgehead atoms. The monoisotopic (exact) mass is 540 g/mol. The molecule has 0 radical (unpaired) electrons. The second-order valence-electron chi connectivity index (χ2n) is 10.7. The van der Waals surface area contributed by atoms with Crippen LogP contribution in [0.1, 0.15) is 17.5 Å². The minimum atomic E-state index is -1.45. The van der Waals surface area contributed by atoms with Crippen molar-refractivity contribution >= 4 is 24.9 Å². The van der Waals surface area contributed by atoms with Crippen LogP contribution in [0.25, 0.3) is 16.7 Å². The zero-order valence-corrected chi connectivity index (χ0v) is 24.0. The van der Waals surface area contributed by atoms with Crippen LogP contribution in [0.4, 0.5) is 5.82 Å². The second-order valence-corrected chi connectivity index (χ2v) is 15.5. The fourth-order valence-electron chi connectivity index (χ4n) is 4.34. The maximum atomic E-state index is 5.94. The van der Waals surface area contributed by atoms with Gasteiger partial charge < -0.3 is 14.8 Å². The average molecular weight is 541 g/mol. The maximum Gasteiger partial charge on any atom is 0.168 e. The van der Waals surface area contributed by atoms with Crippen molar-refractivity contribution in [3.05, 3.63) is 72.2 Å². The Labute approximate surface area is 231 Å². The highest BCUT2D eigenvalue weighted by atomic mass is 28.3. The molecule has 2 aromatic carbocycles. The van der Waals surface area contributed by atoms with Gasteiger partial charge in [0.05, 0.1) is 37.1 Å². The van der Waals surface area contributed by atoms with Crippen LogP contribution in [-0.2, 0) is 11.3 Å². The number of morpholine rings is 1. The van der Waals surface area contributed by atoms with Crippen LogP contribution in [-0.4, -0.2) is 72.2 Å². The highest BCUT2D eigenvalue weighted by molar-refractivity contribution is 6.83. The first-order valence-electron chi connectivity index (χ1n) is 13.5. The predicted molar refractivity (Wildman–Crippen MR) is 158 cm³/mol. The highest BCUT2D eigenvalue weighted by Gasteiger charge is 2.13. The Bertz CT molecular complexity index is 1450. The smallest absolute Gasteiger partial charge is 0.168 e. The number of hydrogen-bond donors (Lipinski definition) is 1. The maximum absolute atomic E-state index is 5.94. The topological polar surface area (TPSA) is 77.3 Å². The van der Waals surface area contributed by atoms with Gasteiger partial charge in [-0.15, -0.1) is 5.54 Å². The van der Waals surface area contributed by atoms with E-state index in [0.29, 0.717) is 13.2 Å². The number of benzene rings is 2. The molecule has 1 N–H and O–H groups in total. The Morgan fingerprint density at radius 1 is 1.05 bits per heavy atom. The quantitative estimate of drug-likeness (QED) is 0.186. The van der Waals surface area contributed by atoms with Gasteiger partial charge in [-0.3, -0.25) is 4.90 Å². The summed E-state index contributed by atoms with van der Waals surface area (Å²) in [5.41, 5.74) is 7.23. The lowest BCUT2D eigenvalue weighted by Crippen LogP contribution is -2.37. The fourth-order valence-corrected chi connectivity index (χ4v) is 4.86. The van der Waals surface area contributed by atoms with E-state index in [0.717, 1.165) is 78.7 Å². The average Bonchev–Trinajstić information content (AvgIpc) is 3.39. The molecule has 5 rings (SSSR count). The van der Waals surface area contributed by atoms with Gasteiger partial charge in [0.1, 0.15) is 26.0 Å². The zero-order valence-electron chi connectivity index (χ0n) is 23.0. The molecule has 39 heavy (non-hydrogen) atoms. The molecular formula is C30H36N6O2Si. The molecule has 0 atom stereocenters. The van der Waals surface area contributed by atoms with E-state index >= 15 is 0 Å². The molecular weight excluding hydrogens is 504 g/mol. The first kappa shape index (κ1) is 26.9. The second kappa shape index (κ2) is 12.4. The third-order valence-electron chi connectivity index (χ3n) is 6.41. The van der Waals surface area contributed by atoms with Crippen molar-refractivity contribution in [1.82, 2.24) is 24.6 Å². The number of nitrogens with one attached hydrogen (secondary N) is 1. The minimum absolute atomic E-state index is 0.635. The molecule has 202 valence electrons. The minimum Gasteiger partial charge on any atom is -0.494 e. The first-order chi connectivity index (χ1) is 18.9. The van der Waals surface area contributed by atoms with Gasteiger partial charge in [-0.05, 0) is 42.3 Å². The third-order valence-corrected chi connectivity index (χ3v) is 7.29. The number of aromatic nitrogens is 4. The fraction of sp³-hybridized carbons (Fsp3) is 0.367. The van der Waals surface area contributed by atoms with Gasteiger partial charge in [-0.2, -0.15) is 5.10 Å². The van der Waals surface area contributed by atoms with Gasteiger partial charge >= 0.3 is 0 Å². The van der Waals surface area contributed by atoms with Crippen molar-refractivity contribution in [3.63, 3.8) is 0 Å². The van der Waals surface area contributed by atoms with E-state index in [-0.39, 0.29) is 0 Å². The molecule has 3 heterocycles. The van der Waals surface area contributed by atoms with Crippen LogP contribution in [0.2, 0.25) is 19.6 Å². The number of fused-ring (bicyclic) bond motifs is 1. The lowest BCUT2D eigenvalue weighted by molar-refractivity contribution is 0.0358. The lowest BCUT2D eigenvalue weighted by atomic mass is 10.2. The van der Waals surface area contributed by atoms with Crippen LogP contribution in [0.15, 0.2) is 61.1 Å². The molecule has 0 unspecified atom stereocenters. The molecule has 0 aliphatic carbocycles. The van der Waals surface area contributed by atoms with Crippen LogP contribution in [0, 0.1) is 11.5 Å². The third kappa shape index (κ3) is 7.45. The van der Waals surface area contributed by atoms with E-state index in [4.69, 9.17) is 9.47 Å². The first-order valence-corrected chi connectivity index (χ1v) is 17.0. The summed E-state index contributed by atoms with van der Waals surface area (Å²) in [6.07, 6.45) is 4.40. The molecule has 1 fully saturated rings. The molecule has 1 aliphatic rings. The van der Waals surface area contributed by atoms with Crippen LogP contribution < -0.4 is 10.1 Å². The largest absolute Gasteiger partial charge is 0.494 e. The number of hydrogen-bond acceptors (Lipinski definition) is 7. The van der Waals surface area contributed by atoms with Crippen molar-refractivity contribution in [3.8, 4) is 22.9 Å². The van der Waals surface area contributed by atoms with Crippen LogP contribution in [0.5, 0.6) is 5.75 Å². The SMILES string of the molecule is C[Si](C)(C)C#Cc1cccc(-n2ncc3c(NCc4ccc(OCCCN5CCOCC5)cc4)ncnc32)c1. The summed E-state index contributed by atoms with van der Waals surface area (Å²) in [5, 5.41) is 8.94. The van der Waals surface area contributed by atoms with E-state index < -0.39 is 8.07 Å². The van der Waals surface area contributed by atoms with Crippen molar-refractivity contribution in [1.29, 1.82) is 0 Å². The summed E-state index contributed by atoms with van der Waals surface area (Å²) in [4.78, 5) is 11.4. The number of nitrogens with zero attached hydrogens (tertiary/aromatic N) is 5. The van der Waals surface area contributed by atoms with Gasteiger partial charge in [0, 0.05) is 31.7 Å². The Morgan fingerprint density at radius 2 is 1.87 bits per heavy atom. The normalized spacial score (nSPS) is 14.1. The lowest BCUT2D eigenvalue weighted by Gasteiger charge is -2.26. The Balaban J connectivity index is 1.19. The summed E-state index contributed by atoms with van der Waals surface area (Å²) >= 11 is 0. The molecule has 1 aliphatic heterocycles. The van der Waals surface area contributed by atoms with Crippen LogP contribution >= 0.6 is 0 Å². The Morgan fingerprint density at radius 3 is 2.67 bits per heavy atom. The van der Waals surface area contributed by atoms with Crippen molar-refractivity contribution < 1.29 is 9.47 Å². The molecule has 8 nitrogen and oxygen atoms in total. The van der Waals surface area contributed by atoms with Gasteiger partial charge in [0.25, 0.3) is 0 Å². The summed E-state index contributed by atoms with van der Waals surface area (Å²) in [6, 6.07) is 16.3. The molecule has 1 saturated heterocycles. The van der Waals surface area contributed by atoms with Crippen molar-refractivity contribution in [2.24, 2.45) is 0 Å². The summed E-state index contributed by atoms with van der Waals surface area (Å²) in [5.74, 6) is 4.97. The molecule has 4 aromatic rings. The van der Waals surface area contributed by atoms with E-state index in [9.17, 15) is 0 Å². The highest BCUT2D eigenvalue weighted by Crippen LogP contribution is 2.23. The molecule has 0 saturated carbocycles. The van der Waals surface area contributed by atoms with Gasteiger partial charge in [0.15, 0.2) is 5.65 Å². The van der Waals surface area contributed by atoms with Gasteiger partial charge in [-0.1, -0.05) is 43.8 Å². The molecule has 0 amide bonds. The summed E-state index contributed by atoms with van der Waals surface area (Å²) in [7, 11) is -1.45. The molecule has 0 spiro atoms. The van der Waals surface area contributed by atoms with E-state index in [1.165, 1.54) is 0 Å². The summed E-state index contributed by atoms with van der Waals surface area (Å²) in [6.45, 7) is 12.8. The van der Waals surface area contributed by atoms with E-state index in [2.05, 4.69) is 74.6 Å². The van der Waals surface area contributed by atoms with Gasteiger partial charge in [-0.25, -0.2) is 14.6 Å². The number of rotatable bonds is 9. The number of anilines is 1. The van der Waals surface area contributed by atoms with Crippen LogP contribution in [0.3, 0.4) is 0 Å². The zero-order chi connectivity index (χ0) is 27.1. The standard InChI is InChI=1S/C30H36N6O2Si/c1-39(2,3)19-12-24-6-4-7-26(20-24)36-30-28(22-34-36)29(32-23-33-30)31-21-25-8-10-27(11-9-25)38-16-5-13-35-14-17-37-18-15-35/h4,6-11,20,22-23H,5,13-18,21H2,1-3H3,(H,31,32,33). The van der Waals surface area contributed by atoms with E-state index in [1.807, 2.05) is 41.2 Å². The summed E-state index contributed by atoms with van der Waals surface area (Å²) < 4.78 is 13.2. The van der Waals surface area contributed by atoms with Crippen molar-refractivity contribution in [2.75, 3.05) is 44.8 Å². The van der Waals surface area contributed by atoms with E-state index in [1.54, 1.807) is 6.33 Å². The molecule has 9 heteroatoms. The Kier molecular flexibility index (Phi) is 8.57. The molecule has 2 aromatic heterocycles. The predicted octanol–water partition coefficient (Wildman–Crippen LogP) is 4.76.